The third-order valence-corrected chi connectivity index (χ3v) is 7.43. The van der Waals surface area contributed by atoms with Gasteiger partial charge in [0.1, 0.15) is 38.2 Å². The molecule has 1 aliphatic rings. The predicted molar refractivity (Wildman–Crippen MR) is 164 cm³/mol. The molecule has 0 unspecified atom stereocenters. The molecule has 0 aromatic heterocycles. The second kappa shape index (κ2) is 18.7. The first-order chi connectivity index (χ1) is 21.6. The first-order valence-electron chi connectivity index (χ1n) is 14.6. The number of benzene rings is 2. The fourth-order valence-electron chi connectivity index (χ4n) is 4.92. The van der Waals surface area contributed by atoms with E-state index in [4.69, 9.17) is 21.1 Å². The Morgan fingerprint density at radius 1 is 1.09 bits per heavy atom. The van der Waals surface area contributed by atoms with Crippen molar-refractivity contribution in [2.24, 2.45) is 11.8 Å². The van der Waals surface area contributed by atoms with Gasteiger partial charge in [-0.1, -0.05) is 66.2 Å². The van der Waals surface area contributed by atoms with Crippen molar-refractivity contribution in [3.8, 4) is 5.75 Å². The minimum atomic E-state index is -0.903. The fourth-order valence-corrected chi connectivity index (χ4v) is 5.10. The molecule has 3 rings (SSSR count). The molecule has 2 aromatic carbocycles. The second-order valence-electron chi connectivity index (χ2n) is 10.7. The number of hydrogen-bond donors (Lipinski definition) is 4. The van der Waals surface area contributed by atoms with E-state index in [1.165, 1.54) is 0 Å². The van der Waals surface area contributed by atoms with E-state index in [0.717, 1.165) is 0 Å². The summed E-state index contributed by atoms with van der Waals surface area (Å²) in [6.45, 7) is -0.524. The molecule has 0 saturated heterocycles. The van der Waals surface area contributed by atoms with Gasteiger partial charge in [0.15, 0.2) is 0 Å². The highest BCUT2D eigenvalue weighted by Crippen LogP contribution is 2.36. The van der Waals surface area contributed by atoms with Crippen molar-refractivity contribution in [1.29, 1.82) is 0 Å². The number of halogens is 1. The van der Waals surface area contributed by atoms with Crippen LogP contribution >= 0.6 is 11.6 Å². The van der Waals surface area contributed by atoms with Crippen LogP contribution in [-0.4, -0.2) is 63.7 Å². The summed E-state index contributed by atoms with van der Waals surface area (Å²) >= 11 is 5.94. The SMILES string of the molecule is O=C(CCCC=CC[C@@H]1[C@@H](C=C[C@@H](O)COc2cccc(Cl)c2)[C@H](O)C[C@@H]1O)NCC(=O)OCc1cccc(CO[N+](=O)[O-])c1. The Morgan fingerprint density at radius 2 is 1.84 bits per heavy atom. The first kappa shape index (κ1) is 35.5. The summed E-state index contributed by atoms with van der Waals surface area (Å²) in [7, 11) is 0. The average molecular weight is 647 g/mol. The Balaban J connectivity index is 1.31. The van der Waals surface area contributed by atoms with Crippen LogP contribution in [0.1, 0.15) is 43.2 Å². The van der Waals surface area contributed by atoms with E-state index in [0.29, 0.717) is 41.2 Å². The molecule has 1 saturated carbocycles. The third kappa shape index (κ3) is 13.3. The molecule has 0 bridgehead atoms. The zero-order chi connectivity index (χ0) is 32.6. The van der Waals surface area contributed by atoms with Crippen molar-refractivity contribution in [2.75, 3.05) is 13.2 Å². The van der Waals surface area contributed by atoms with Crippen molar-refractivity contribution in [3.05, 3.63) is 99.1 Å². The molecular weight excluding hydrogens is 608 g/mol. The van der Waals surface area contributed by atoms with Crippen LogP contribution in [0.4, 0.5) is 0 Å². The summed E-state index contributed by atoms with van der Waals surface area (Å²) in [5.74, 6) is -0.925. The molecular formula is C32H39ClN2O10. The Morgan fingerprint density at radius 3 is 2.60 bits per heavy atom. The van der Waals surface area contributed by atoms with Crippen LogP contribution in [0, 0.1) is 22.0 Å². The number of nitrogens with zero attached hydrogens (tertiary/aromatic N) is 1. The van der Waals surface area contributed by atoms with E-state index in [9.17, 15) is 35.0 Å². The Bertz CT molecular complexity index is 1320. The van der Waals surface area contributed by atoms with Crippen LogP contribution in [0.3, 0.4) is 0 Å². The zero-order valence-corrected chi connectivity index (χ0v) is 25.5. The maximum Gasteiger partial charge on any atom is 0.325 e. The predicted octanol–water partition coefficient (Wildman–Crippen LogP) is 3.68. The van der Waals surface area contributed by atoms with Crippen LogP contribution < -0.4 is 10.1 Å². The number of hydrogen-bond acceptors (Lipinski definition) is 10. The third-order valence-electron chi connectivity index (χ3n) is 7.20. The van der Waals surface area contributed by atoms with Crippen molar-refractivity contribution in [1.82, 2.24) is 5.32 Å². The monoisotopic (exact) mass is 646 g/mol. The maximum absolute atomic E-state index is 12.1. The summed E-state index contributed by atoms with van der Waals surface area (Å²) in [4.78, 5) is 38.8. The topological polar surface area (TPSA) is 178 Å². The number of ether oxygens (including phenoxy) is 2. The number of aliphatic hydroxyl groups excluding tert-OH is 3. The van der Waals surface area contributed by atoms with E-state index >= 15 is 0 Å². The lowest BCUT2D eigenvalue weighted by molar-refractivity contribution is -0.763. The normalized spacial score (nSPS) is 20.3. The van der Waals surface area contributed by atoms with Crippen molar-refractivity contribution < 1.29 is 44.3 Å². The molecule has 1 fully saturated rings. The summed E-state index contributed by atoms with van der Waals surface area (Å²) in [6.07, 6.45) is 6.95. The van der Waals surface area contributed by atoms with Crippen LogP contribution in [0.25, 0.3) is 0 Å². The second-order valence-corrected chi connectivity index (χ2v) is 11.1. The van der Waals surface area contributed by atoms with E-state index in [1.807, 2.05) is 12.2 Å². The highest BCUT2D eigenvalue weighted by atomic mass is 35.5. The molecule has 0 aliphatic heterocycles. The molecule has 0 spiro atoms. The van der Waals surface area contributed by atoms with Gasteiger partial charge in [-0.25, -0.2) is 0 Å². The molecule has 0 heterocycles. The van der Waals surface area contributed by atoms with Gasteiger partial charge in [-0.2, -0.15) is 0 Å². The minimum absolute atomic E-state index is 0.0154. The summed E-state index contributed by atoms with van der Waals surface area (Å²) in [5, 5.41) is 43.7. The number of aliphatic hydroxyl groups is 3. The number of carbonyl (C=O) groups is 2. The van der Waals surface area contributed by atoms with Gasteiger partial charge in [0.05, 0.1) is 12.2 Å². The Kier molecular flexibility index (Phi) is 14.8. The standard InChI is InChI=1S/C32H39ClN2O10/c33-24-9-6-10-26(16-24)43-21-25(36)13-14-28-27(29(37)17-30(28)38)11-3-1-2-4-12-31(39)34-18-32(40)44-19-22-7-5-8-23(15-22)20-45-35(41)42/h1,3,5-10,13-16,25,27-30,36-38H,2,4,11-12,17-21H2,(H,34,39)/t25-,27-,28-,29+,30-/m1/s1. The Hall–Kier alpha value is -3.97. The lowest BCUT2D eigenvalue weighted by Crippen LogP contribution is -2.30. The maximum atomic E-state index is 12.1. The summed E-state index contributed by atoms with van der Waals surface area (Å²) < 4.78 is 10.7. The van der Waals surface area contributed by atoms with E-state index < -0.39 is 29.4 Å². The minimum Gasteiger partial charge on any atom is -0.491 e. The smallest absolute Gasteiger partial charge is 0.325 e. The van der Waals surface area contributed by atoms with Crippen molar-refractivity contribution in [3.63, 3.8) is 0 Å². The number of carbonyl (C=O) groups excluding carboxylic acids is 2. The molecule has 2 aromatic rings. The fraction of sp³-hybridized carbons (Fsp3) is 0.438. The van der Waals surface area contributed by atoms with Gasteiger partial charge in [0, 0.05) is 23.8 Å². The molecule has 12 nitrogen and oxygen atoms in total. The van der Waals surface area contributed by atoms with Crippen molar-refractivity contribution >= 4 is 23.5 Å². The van der Waals surface area contributed by atoms with E-state index in [2.05, 4.69) is 10.2 Å². The van der Waals surface area contributed by atoms with Crippen LogP contribution in [0.5, 0.6) is 5.75 Å². The molecule has 5 atom stereocenters. The van der Waals surface area contributed by atoms with Gasteiger partial charge in [0.25, 0.3) is 5.09 Å². The lowest BCUT2D eigenvalue weighted by atomic mass is 9.89. The molecule has 0 radical (unpaired) electrons. The summed E-state index contributed by atoms with van der Waals surface area (Å²) in [6, 6.07) is 13.5. The zero-order valence-electron chi connectivity index (χ0n) is 24.7. The van der Waals surface area contributed by atoms with Gasteiger partial charge in [-0.3, -0.25) is 9.59 Å². The number of allylic oxidation sites excluding steroid dienone is 2. The molecule has 1 amide bonds. The number of rotatable bonds is 18. The quantitative estimate of drug-likeness (QED) is 0.0614. The molecule has 13 heteroatoms. The lowest BCUT2D eigenvalue weighted by Gasteiger charge is -2.19. The van der Waals surface area contributed by atoms with Gasteiger partial charge in [-0.05, 0) is 54.5 Å². The van der Waals surface area contributed by atoms with Crippen LogP contribution in [-0.2, 0) is 32.4 Å². The average Bonchev–Trinajstić information content (AvgIpc) is 3.28. The molecule has 4 N–H and O–H groups in total. The molecule has 1 aliphatic carbocycles. The van der Waals surface area contributed by atoms with E-state index in [1.54, 1.807) is 60.7 Å². The van der Waals surface area contributed by atoms with Crippen molar-refractivity contribution in [2.45, 2.75) is 63.6 Å². The van der Waals surface area contributed by atoms with Gasteiger partial charge < -0.3 is 34.9 Å². The van der Waals surface area contributed by atoms with Crippen LogP contribution in [0.2, 0.25) is 5.02 Å². The van der Waals surface area contributed by atoms with Gasteiger partial charge in [-0.15, -0.1) is 10.1 Å². The molecule has 244 valence electrons. The highest BCUT2D eigenvalue weighted by Gasteiger charge is 2.39. The van der Waals surface area contributed by atoms with Gasteiger partial charge in [0.2, 0.25) is 5.91 Å². The van der Waals surface area contributed by atoms with E-state index in [-0.39, 0.29) is 57.0 Å². The number of nitrogens with one attached hydrogen (secondary N) is 1. The largest absolute Gasteiger partial charge is 0.491 e. The van der Waals surface area contributed by atoms with Crippen LogP contribution in [0.15, 0.2) is 72.8 Å². The molecule has 45 heavy (non-hydrogen) atoms. The van der Waals surface area contributed by atoms with Gasteiger partial charge >= 0.3 is 5.97 Å². The summed E-state index contributed by atoms with van der Waals surface area (Å²) in [5.41, 5.74) is 1.19. The number of amides is 1. The Labute approximate surface area is 266 Å². The number of esters is 1. The highest BCUT2D eigenvalue weighted by molar-refractivity contribution is 6.30. The first-order valence-corrected chi connectivity index (χ1v) is 15.0. The number of unbranched alkanes of at least 4 members (excludes halogenated alkanes) is 1.